The lowest BCUT2D eigenvalue weighted by Crippen LogP contribution is -2.53. The van der Waals surface area contributed by atoms with Gasteiger partial charge in [-0.05, 0) is 38.0 Å². The SMILES string of the molecule is [B]c1ccc2c(c1)COc1nc(OC3CC4CC(F)(F)C(C3)N4C(=O)OC(C)(C)C)ccc1-2. The third-order valence-electron chi connectivity index (χ3n) is 6.26. The van der Waals surface area contributed by atoms with E-state index in [9.17, 15) is 13.6 Å². The number of hydrogen-bond acceptors (Lipinski definition) is 5. The first-order chi connectivity index (χ1) is 15.5. The maximum Gasteiger partial charge on any atom is 0.411 e. The predicted octanol–water partition coefficient (Wildman–Crippen LogP) is 3.99. The number of alkyl halides is 2. The van der Waals surface area contributed by atoms with Gasteiger partial charge in [0.05, 0.1) is 0 Å². The Bertz CT molecular complexity index is 1100. The van der Waals surface area contributed by atoms with Gasteiger partial charge in [-0.2, -0.15) is 4.98 Å². The van der Waals surface area contributed by atoms with E-state index >= 15 is 0 Å². The second kappa shape index (κ2) is 7.60. The van der Waals surface area contributed by atoms with Crippen molar-refractivity contribution in [3.8, 4) is 22.9 Å². The van der Waals surface area contributed by atoms with Gasteiger partial charge in [-0.25, -0.2) is 13.6 Å². The highest BCUT2D eigenvalue weighted by Gasteiger charge is 2.60. The molecule has 3 atom stereocenters. The molecule has 6 nitrogen and oxygen atoms in total. The molecule has 3 aliphatic rings. The molecule has 0 spiro atoms. The molecule has 2 aromatic rings. The number of halogens is 2. The van der Waals surface area contributed by atoms with E-state index in [4.69, 9.17) is 22.1 Å². The number of carbonyl (C=O) groups is 1. The summed E-state index contributed by atoms with van der Waals surface area (Å²) >= 11 is 0. The Balaban J connectivity index is 1.33. The van der Waals surface area contributed by atoms with Gasteiger partial charge >= 0.3 is 6.09 Å². The number of fused-ring (bicyclic) bond motifs is 5. The van der Waals surface area contributed by atoms with Gasteiger partial charge in [-0.15, -0.1) is 0 Å². The molecule has 0 aliphatic carbocycles. The second-order valence-electron chi connectivity index (χ2n) is 9.94. The lowest BCUT2D eigenvalue weighted by atomic mass is 9.89. The summed E-state index contributed by atoms with van der Waals surface area (Å²) in [5.74, 6) is -2.24. The van der Waals surface area contributed by atoms with E-state index < -0.39 is 42.2 Å². The van der Waals surface area contributed by atoms with E-state index in [1.807, 2.05) is 24.3 Å². The average molecular weight is 454 g/mol. The third kappa shape index (κ3) is 4.13. The van der Waals surface area contributed by atoms with Crippen LogP contribution in [0.2, 0.25) is 0 Å². The van der Waals surface area contributed by atoms with Gasteiger partial charge in [0.2, 0.25) is 11.8 Å². The molecule has 172 valence electrons. The first-order valence-corrected chi connectivity index (χ1v) is 11.1. The molecule has 1 aromatic heterocycles. The monoisotopic (exact) mass is 454 g/mol. The molecule has 9 heteroatoms. The summed E-state index contributed by atoms with van der Waals surface area (Å²) in [6.07, 6.45) is -1.30. The minimum absolute atomic E-state index is 0.00444. The maximum absolute atomic E-state index is 14.7. The van der Waals surface area contributed by atoms with E-state index in [2.05, 4.69) is 4.98 Å². The van der Waals surface area contributed by atoms with E-state index in [1.54, 1.807) is 26.8 Å². The highest BCUT2D eigenvalue weighted by atomic mass is 19.3. The molecule has 5 rings (SSSR count). The summed E-state index contributed by atoms with van der Waals surface area (Å²) in [5.41, 5.74) is 2.71. The summed E-state index contributed by atoms with van der Waals surface area (Å²) in [6, 6.07) is 7.29. The lowest BCUT2D eigenvalue weighted by Gasteiger charge is -2.39. The zero-order chi connectivity index (χ0) is 23.5. The molecule has 1 amide bonds. The Labute approximate surface area is 192 Å². The van der Waals surface area contributed by atoms with Crippen molar-refractivity contribution < 1.29 is 27.8 Å². The fraction of sp³-hybridized carbons (Fsp3) is 0.500. The molecule has 1 aromatic carbocycles. The summed E-state index contributed by atoms with van der Waals surface area (Å²) in [6.45, 7) is 5.50. The van der Waals surface area contributed by atoms with Gasteiger partial charge in [0.1, 0.15) is 32.2 Å². The molecule has 3 aliphatic heterocycles. The van der Waals surface area contributed by atoms with Crippen molar-refractivity contribution in [2.45, 2.75) is 76.4 Å². The Morgan fingerprint density at radius 2 is 1.97 bits per heavy atom. The highest BCUT2D eigenvalue weighted by molar-refractivity contribution is 6.32. The molecular formula is C24H25BF2N2O4. The number of piperidine rings is 1. The van der Waals surface area contributed by atoms with Crippen LogP contribution in [0.4, 0.5) is 13.6 Å². The van der Waals surface area contributed by atoms with Crippen molar-refractivity contribution in [3.63, 3.8) is 0 Å². The van der Waals surface area contributed by atoms with Crippen molar-refractivity contribution in [2.24, 2.45) is 0 Å². The number of pyridine rings is 1. The van der Waals surface area contributed by atoms with Crippen LogP contribution in [0.3, 0.4) is 0 Å². The Morgan fingerprint density at radius 1 is 1.21 bits per heavy atom. The molecule has 0 saturated carbocycles. The zero-order valence-electron chi connectivity index (χ0n) is 18.8. The van der Waals surface area contributed by atoms with Crippen LogP contribution >= 0.6 is 0 Å². The Kier molecular flexibility index (Phi) is 5.06. The van der Waals surface area contributed by atoms with Crippen molar-refractivity contribution in [1.82, 2.24) is 9.88 Å². The van der Waals surface area contributed by atoms with Gasteiger partial charge in [0.25, 0.3) is 5.92 Å². The number of hydrogen-bond donors (Lipinski definition) is 0. The van der Waals surface area contributed by atoms with Crippen LogP contribution in [0.15, 0.2) is 30.3 Å². The van der Waals surface area contributed by atoms with Crippen LogP contribution in [0.1, 0.15) is 45.6 Å². The van der Waals surface area contributed by atoms with Gasteiger partial charge < -0.3 is 14.2 Å². The average Bonchev–Trinajstić information content (AvgIpc) is 2.88. The quantitative estimate of drug-likeness (QED) is 0.643. The summed E-state index contributed by atoms with van der Waals surface area (Å²) in [7, 11) is 5.86. The van der Waals surface area contributed by atoms with Gasteiger partial charge in [-0.3, -0.25) is 4.90 Å². The Hall–Kier alpha value is -2.84. The van der Waals surface area contributed by atoms with Crippen molar-refractivity contribution >= 4 is 19.4 Å². The normalized spacial score (nSPS) is 25.0. The first-order valence-electron chi connectivity index (χ1n) is 11.1. The third-order valence-corrected chi connectivity index (χ3v) is 6.26. The van der Waals surface area contributed by atoms with E-state index in [-0.39, 0.29) is 12.8 Å². The van der Waals surface area contributed by atoms with Crippen molar-refractivity contribution in [2.75, 3.05) is 0 Å². The molecule has 3 unspecified atom stereocenters. The Morgan fingerprint density at radius 3 is 2.70 bits per heavy atom. The van der Waals surface area contributed by atoms with Crippen LogP contribution in [0.25, 0.3) is 11.1 Å². The van der Waals surface area contributed by atoms with Crippen LogP contribution in [-0.4, -0.2) is 53.5 Å². The van der Waals surface area contributed by atoms with Gasteiger partial charge in [0, 0.05) is 36.9 Å². The number of amides is 1. The minimum Gasteiger partial charge on any atom is -0.474 e. The van der Waals surface area contributed by atoms with Crippen LogP contribution in [0, 0.1) is 0 Å². The number of ether oxygens (including phenoxy) is 3. The van der Waals surface area contributed by atoms with Crippen molar-refractivity contribution in [3.05, 3.63) is 35.9 Å². The van der Waals surface area contributed by atoms with Crippen LogP contribution in [0.5, 0.6) is 11.8 Å². The molecule has 0 N–H and O–H groups in total. The fourth-order valence-corrected chi connectivity index (χ4v) is 4.94. The number of rotatable bonds is 2. The molecular weight excluding hydrogens is 429 g/mol. The van der Waals surface area contributed by atoms with Crippen LogP contribution < -0.4 is 14.9 Å². The molecule has 2 fully saturated rings. The van der Waals surface area contributed by atoms with E-state index in [0.717, 1.165) is 16.7 Å². The fourth-order valence-electron chi connectivity index (χ4n) is 4.94. The topological polar surface area (TPSA) is 60.9 Å². The standard InChI is InChI=1S/C24H25BF2N2O4/c1-23(2,3)33-22(30)29-15-9-16(10-19(29)24(26,27)11-15)32-20-7-6-18-17-5-4-14(25)8-13(17)12-31-21(18)28-20/h4-8,15-16,19H,9-12H2,1-3H3. The molecule has 2 bridgehead atoms. The summed E-state index contributed by atoms with van der Waals surface area (Å²) < 4.78 is 46.6. The predicted molar refractivity (Wildman–Crippen MR) is 118 cm³/mol. The van der Waals surface area contributed by atoms with E-state index in [1.165, 1.54) is 4.90 Å². The van der Waals surface area contributed by atoms with Crippen molar-refractivity contribution in [1.29, 1.82) is 0 Å². The number of aromatic nitrogens is 1. The van der Waals surface area contributed by atoms with Gasteiger partial charge in [0.15, 0.2) is 0 Å². The molecule has 2 radical (unpaired) electrons. The number of benzene rings is 1. The van der Waals surface area contributed by atoms with E-state index in [0.29, 0.717) is 23.8 Å². The summed E-state index contributed by atoms with van der Waals surface area (Å²) in [4.78, 5) is 18.3. The lowest BCUT2D eigenvalue weighted by molar-refractivity contribution is -0.0608. The number of carbonyl (C=O) groups excluding carboxylic acids is 1. The largest absolute Gasteiger partial charge is 0.474 e. The second-order valence-corrected chi connectivity index (χ2v) is 9.94. The molecule has 4 heterocycles. The first kappa shape index (κ1) is 22.0. The summed E-state index contributed by atoms with van der Waals surface area (Å²) in [5, 5.41) is 0. The molecule has 33 heavy (non-hydrogen) atoms. The minimum atomic E-state index is -2.99. The van der Waals surface area contributed by atoms with Crippen LogP contribution in [-0.2, 0) is 11.3 Å². The zero-order valence-corrected chi connectivity index (χ0v) is 18.8. The smallest absolute Gasteiger partial charge is 0.411 e. The van der Waals surface area contributed by atoms with Gasteiger partial charge in [-0.1, -0.05) is 23.7 Å². The highest BCUT2D eigenvalue weighted by Crippen LogP contribution is 2.47. The number of nitrogens with zero attached hydrogens (tertiary/aromatic N) is 2. The molecule has 2 saturated heterocycles. The maximum atomic E-state index is 14.7.